The Morgan fingerprint density at radius 3 is 2.54 bits per heavy atom. The number of rotatable bonds is 5. The smallest absolute Gasteiger partial charge is 0.237 e. The number of anilines is 1. The van der Waals surface area contributed by atoms with Crippen LogP contribution < -0.4 is 4.90 Å². The first kappa shape index (κ1) is 17.2. The summed E-state index contributed by atoms with van der Waals surface area (Å²) < 4.78 is 12.9. The molecule has 0 unspecified atom stereocenters. The van der Waals surface area contributed by atoms with Gasteiger partial charge < -0.3 is 14.2 Å². The van der Waals surface area contributed by atoms with E-state index in [-0.39, 0.29) is 5.41 Å². The maximum Gasteiger partial charge on any atom is 0.237 e. The first-order valence-corrected chi connectivity index (χ1v) is 9.19. The van der Waals surface area contributed by atoms with Crippen molar-refractivity contribution in [1.82, 2.24) is 24.9 Å². The summed E-state index contributed by atoms with van der Waals surface area (Å²) in [4.78, 5) is 6.68. The van der Waals surface area contributed by atoms with Crippen molar-refractivity contribution in [2.24, 2.45) is 0 Å². The quantitative estimate of drug-likeness (QED) is 0.757. The minimum absolute atomic E-state index is 0.112. The molecule has 2 aromatic heterocycles. The van der Waals surface area contributed by atoms with Crippen molar-refractivity contribution in [1.29, 1.82) is 0 Å². The molecular formula is C15H24N6O2S. The van der Waals surface area contributed by atoms with Crippen LogP contribution in [0.5, 0.6) is 0 Å². The Morgan fingerprint density at radius 2 is 1.92 bits per heavy atom. The second-order valence-electron chi connectivity index (χ2n) is 6.68. The Labute approximate surface area is 146 Å². The van der Waals surface area contributed by atoms with Crippen molar-refractivity contribution in [3.8, 4) is 0 Å². The summed E-state index contributed by atoms with van der Waals surface area (Å²) in [6, 6.07) is 0. The minimum Gasteiger partial charge on any atom is -0.378 e. The monoisotopic (exact) mass is 352 g/mol. The van der Waals surface area contributed by atoms with Crippen molar-refractivity contribution in [3.05, 3.63) is 11.7 Å². The van der Waals surface area contributed by atoms with Gasteiger partial charge in [-0.25, -0.2) is 0 Å². The molecule has 0 N–H and O–H groups in total. The summed E-state index contributed by atoms with van der Waals surface area (Å²) in [5.74, 6) is 2.83. The van der Waals surface area contributed by atoms with Crippen molar-refractivity contribution < 1.29 is 9.26 Å². The van der Waals surface area contributed by atoms with Crippen LogP contribution in [0.2, 0.25) is 0 Å². The van der Waals surface area contributed by atoms with Crippen molar-refractivity contribution in [2.75, 3.05) is 31.2 Å². The van der Waals surface area contributed by atoms with Gasteiger partial charge >= 0.3 is 0 Å². The lowest BCUT2D eigenvalue weighted by atomic mass is 9.96. The SMILES string of the molecule is CCn1c(SCc2nc(C(C)(C)C)no2)nnc1N1CCOCC1. The molecule has 1 saturated heterocycles. The highest BCUT2D eigenvalue weighted by molar-refractivity contribution is 7.98. The van der Waals surface area contributed by atoms with E-state index in [1.54, 1.807) is 11.8 Å². The predicted octanol–water partition coefficient (Wildman–Crippen LogP) is 2.11. The van der Waals surface area contributed by atoms with Crippen LogP contribution in [0.3, 0.4) is 0 Å². The van der Waals surface area contributed by atoms with E-state index >= 15 is 0 Å². The van der Waals surface area contributed by atoms with Crippen LogP contribution in [0.4, 0.5) is 5.95 Å². The Bertz CT molecular complexity index is 672. The number of aromatic nitrogens is 5. The molecule has 132 valence electrons. The lowest BCUT2D eigenvalue weighted by Crippen LogP contribution is -2.38. The molecule has 2 aromatic rings. The molecule has 0 aromatic carbocycles. The molecule has 1 fully saturated rings. The number of thioether (sulfide) groups is 1. The van der Waals surface area contributed by atoms with Gasteiger partial charge in [0.1, 0.15) is 0 Å². The maximum absolute atomic E-state index is 5.40. The molecule has 0 aliphatic carbocycles. The zero-order chi connectivity index (χ0) is 17.2. The molecule has 0 amide bonds. The molecule has 0 atom stereocenters. The van der Waals surface area contributed by atoms with Gasteiger partial charge in [-0.3, -0.25) is 4.57 Å². The molecular weight excluding hydrogens is 328 g/mol. The van der Waals surface area contributed by atoms with E-state index in [1.807, 2.05) is 0 Å². The van der Waals surface area contributed by atoms with E-state index in [0.29, 0.717) is 11.6 Å². The van der Waals surface area contributed by atoms with Gasteiger partial charge in [0.2, 0.25) is 11.8 Å². The summed E-state index contributed by atoms with van der Waals surface area (Å²) in [5.41, 5.74) is -0.112. The van der Waals surface area contributed by atoms with Gasteiger partial charge in [-0.05, 0) is 6.92 Å². The number of ether oxygens (including phenoxy) is 1. The number of morpholine rings is 1. The van der Waals surface area contributed by atoms with E-state index < -0.39 is 0 Å². The maximum atomic E-state index is 5.40. The highest BCUT2D eigenvalue weighted by atomic mass is 32.2. The Balaban J connectivity index is 1.69. The molecule has 0 spiro atoms. The van der Waals surface area contributed by atoms with Crippen molar-refractivity contribution in [3.63, 3.8) is 0 Å². The van der Waals surface area contributed by atoms with Gasteiger partial charge in [-0.15, -0.1) is 10.2 Å². The van der Waals surface area contributed by atoms with Gasteiger partial charge in [-0.1, -0.05) is 37.7 Å². The molecule has 0 bridgehead atoms. The van der Waals surface area contributed by atoms with Gasteiger partial charge in [0, 0.05) is 25.0 Å². The zero-order valence-electron chi connectivity index (χ0n) is 14.7. The largest absolute Gasteiger partial charge is 0.378 e. The molecule has 3 heterocycles. The standard InChI is InChI=1S/C15H24N6O2S/c1-5-21-13(20-6-8-22-9-7-20)17-18-14(21)24-10-11-16-12(19-23-11)15(2,3)4/h5-10H2,1-4H3. The van der Waals surface area contributed by atoms with E-state index in [1.165, 1.54) is 0 Å². The third kappa shape index (κ3) is 3.72. The molecule has 1 aliphatic rings. The number of hydrogen-bond acceptors (Lipinski definition) is 8. The summed E-state index contributed by atoms with van der Waals surface area (Å²) in [5, 5.41) is 13.6. The molecule has 0 saturated carbocycles. The first-order valence-electron chi connectivity index (χ1n) is 8.21. The van der Waals surface area contributed by atoms with Crippen LogP contribution in [0.1, 0.15) is 39.4 Å². The second-order valence-corrected chi connectivity index (χ2v) is 7.62. The van der Waals surface area contributed by atoms with Crippen molar-refractivity contribution >= 4 is 17.7 Å². The summed E-state index contributed by atoms with van der Waals surface area (Å²) in [6.45, 7) is 12.3. The van der Waals surface area contributed by atoms with E-state index in [4.69, 9.17) is 9.26 Å². The fourth-order valence-corrected chi connectivity index (χ4v) is 3.24. The molecule has 0 radical (unpaired) electrons. The Kier molecular flexibility index (Phi) is 5.09. The van der Waals surface area contributed by atoms with Gasteiger partial charge in [-0.2, -0.15) is 4.98 Å². The topological polar surface area (TPSA) is 82.1 Å². The third-order valence-electron chi connectivity index (χ3n) is 3.77. The third-order valence-corrected chi connectivity index (χ3v) is 4.72. The fourth-order valence-electron chi connectivity index (χ4n) is 2.41. The van der Waals surface area contributed by atoms with E-state index in [0.717, 1.165) is 49.8 Å². The van der Waals surface area contributed by atoms with Crippen LogP contribution in [-0.2, 0) is 22.4 Å². The van der Waals surface area contributed by atoms with E-state index in [9.17, 15) is 0 Å². The summed E-state index contributed by atoms with van der Waals surface area (Å²) in [7, 11) is 0. The van der Waals surface area contributed by atoms with Crippen molar-refractivity contribution in [2.45, 2.75) is 50.6 Å². The van der Waals surface area contributed by atoms with Crippen LogP contribution in [0.15, 0.2) is 9.68 Å². The molecule has 9 heteroatoms. The van der Waals surface area contributed by atoms with Gasteiger partial charge in [0.05, 0.1) is 19.0 Å². The van der Waals surface area contributed by atoms with Crippen LogP contribution in [0.25, 0.3) is 0 Å². The normalized spacial score (nSPS) is 15.9. The van der Waals surface area contributed by atoms with Gasteiger partial charge in [0.25, 0.3) is 0 Å². The Hall–Kier alpha value is -1.61. The molecule has 8 nitrogen and oxygen atoms in total. The van der Waals surface area contributed by atoms with Crippen LogP contribution in [-0.4, -0.2) is 51.2 Å². The lowest BCUT2D eigenvalue weighted by Gasteiger charge is -2.27. The zero-order valence-corrected chi connectivity index (χ0v) is 15.5. The molecule has 3 rings (SSSR count). The summed E-state index contributed by atoms with van der Waals surface area (Å²) in [6.07, 6.45) is 0. The molecule has 24 heavy (non-hydrogen) atoms. The second kappa shape index (κ2) is 7.10. The average Bonchev–Trinajstić information content (AvgIpc) is 3.20. The summed E-state index contributed by atoms with van der Waals surface area (Å²) >= 11 is 1.57. The minimum atomic E-state index is -0.112. The first-order chi connectivity index (χ1) is 11.5. The number of hydrogen-bond donors (Lipinski definition) is 0. The lowest BCUT2D eigenvalue weighted by molar-refractivity contribution is 0.121. The van der Waals surface area contributed by atoms with E-state index in [2.05, 4.69) is 57.5 Å². The highest BCUT2D eigenvalue weighted by Crippen LogP contribution is 2.26. The Morgan fingerprint density at radius 1 is 1.17 bits per heavy atom. The average molecular weight is 352 g/mol. The molecule has 1 aliphatic heterocycles. The van der Waals surface area contributed by atoms with Crippen LogP contribution >= 0.6 is 11.8 Å². The van der Waals surface area contributed by atoms with Crippen LogP contribution in [0, 0.1) is 0 Å². The fraction of sp³-hybridized carbons (Fsp3) is 0.733. The van der Waals surface area contributed by atoms with Gasteiger partial charge in [0.15, 0.2) is 11.0 Å². The predicted molar refractivity (Wildman–Crippen MR) is 91.3 cm³/mol. The highest BCUT2D eigenvalue weighted by Gasteiger charge is 2.22. The number of nitrogens with zero attached hydrogens (tertiary/aromatic N) is 6.